The summed E-state index contributed by atoms with van der Waals surface area (Å²) in [7, 11) is 0. The summed E-state index contributed by atoms with van der Waals surface area (Å²) in [5.41, 5.74) is 4.28. The lowest BCUT2D eigenvalue weighted by Crippen LogP contribution is -2.35. The Kier molecular flexibility index (Phi) is 4.58. The van der Waals surface area contributed by atoms with Gasteiger partial charge in [-0.3, -0.25) is 11.3 Å². The Bertz CT molecular complexity index is 364. The molecule has 3 N–H and O–H groups in total. The highest BCUT2D eigenvalue weighted by molar-refractivity contribution is 5.20. The van der Waals surface area contributed by atoms with Gasteiger partial charge in [0, 0.05) is 12.1 Å². The third-order valence-corrected chi connectivity index (χ3v) is 2.13. The van der Waals surface area contributed by atoms with Gasteiger partial charge in [0.05, 0.1) is 0 Å². The molecule has 0 aromatic heterocycles. The van der Waals surface area contributed by atoms with Crippen molar-refractivity contribution < 1.29 is 8.78 Å². The molecule has 0 radical (unpaired) electrons. The molecule has 0 aliphatic rings. The first-order valence-corrected chi connectivity index (χ1v) is 5.07. The van der Waals surface area contributed by atoms with Crippen LogP contribution in [-0.2, 0) is 6.42 Å². The van der Waals surface area contributed by atoms with Gasteiger partial charge in [-0.15, -0.1) is 0 Å². The van der Waals surface area contributed by atoms with E-state index in [-0.39, 0.29) is 6.04 Å². The van der Waals surface area contributed by atoms with Crippen LogP contribution in [0.2, 0.25) is 0 Å². The fourth-order valence-corrected chi connectivity index (χ4v) is 1.55. The van der Waals surface area contributed by atoms with Gasteiger partial charge in [-0.05, 0) is 38.0 Å². The zero-order valence-corrected chi connectivity index (χ0v) is 9.43. The molecule has 2 nitrogen and oxygen atoms in total. The van der Waals surface area contributed by atoms with Crippen LogP contribution in [0.4, 0.5) is 8.78 Å². The maximum absolute atomic E-state index is 12.9. The first-order chi connectivity index (χ1) is 7.51. The molecule has 0 fully saturated rings. The van der Waals surface area contributed by atoms with E-state index in [1.54, 1.807) is 0 Å². The van der Waals surface area contributed by atoms with Gasteiger partial charge < -0.3 is 0 Å². The third-order valence-electron chi connectivity index (χ3n) is 2.13. The fourth-order valence-electron chi connectivity index (χ4n) is 1.55. The van der Waals surface area contributed by atoms with Crippen molar-refractivity contribution in [3.05, 3.63) is 47.0 Å². The summed E-state index contributed by atoms with van der Waals surface area (Å²) in [6, 6.07) is 3.36. The van der Waals surface area contributed by atoms with Crippen LogP contribution in [-0.4, -0.2) is 6.04 Å². The minimum atomic E-state index is -0.567. The summed E-state index contributed by atoms with van der Waals surface area (Å²) in [5, 5.41) is 0. The summed E-state index contributed by atoms with van der Waals surface area (Å²) < 4.78 is 25.9. The van der Waals surface area contributed by atoms with Crippen molar-refractivity contribution in [3.63, 3.8) is 0 Å². The lowest BCUT2D eigenvalue weighted by Gasteiger charge is -2.12. The number of nitrogens with two attached hydrogens (primary N) is 1. The highest BCUT2D eigenvalue weighted by atomic mass is 19.1. The Morgan fingerprint density at radius 2 is 1.88 bits per heavy atom. The monoisotopic (exact) mass is 226 g/mol. The van der Waals surface area contributed by atoms with Gasteiger partial charge in [-0.1, -0.05) is 11.6 Å². The molecule has 16 heavy (non-hydrogen) atoms. The molecule has 1 rings (SSSR count). The number of hydrogen-bond acceptors (Lipinski definition) is 2. The van der Waals surface area contributed by atoms with Crippen molar-refractivity contribution in [1.82, 2.24) is 5.43 Å². The second kappa shape index (κ2) is 5.72. The molecule has 0 amide bonds. The van der Waals surface area contributed by atoms with Gasteiger partial charge in [-0.25, -0.2) is 8.78 Å². The lowest BCUT2D eigenvalue weighted by molar-refractivity contribution is 0.570. The molecule has 88 valence electrons. The SMILES string of the molecule is CC(C)=CC(Cc1cc(F)cc(F)c1)NN. The Morgan fingerprint density at radius 3 is 2.31 bits per heavy atom. The van der Waals surface area contributed by atoms with Crippen LogP contribution in [0.25, 0.3) is 0 Å². The van der Waals surface area contributed by atoms with Crippen molar-refractivity contribution in [1.29, 1.82) is 0 Å². The second-order valence-corrected chi connectivity index (χ2v) is 4.00. The van der Waals surface area contributed by atoms with Crippen LogP contribution in [0.5, 0.6) is 0 Å². The number of hydrazine groups is 1. The normalized spacial score (nSPS) is 12.3. The standard InChI is InChI=1S/C12H16F2N2/c1-8(2)3-12(16-15)6-9-4-10(13)7-11(14)5-9/h3-5,7,12,16H,6,15H2,1-2H3. The predicted octanol–water partition coefficient (Wildman–Crippen LogP) is 2.31. The summed E-state index contributed by atoms with van der Waals surface area (Å²) in [4.78, 5) is 0. The number of nitrogens with one attached hydrogen (secondary N) is 1. The van der Waals surface area contributed by atoms with Gasteiger partial charge in [0.1, 0.15) is 11.6 Å². The molecule has 0 bridgehead atoms. The smallest absolute Gasteiger partial charge is 0.126 e. The van der Waals surface area contributed by atoms with E-state index in [4.69, 9.17) is 5.84 Å². The Balaban J connectivity index is 2.81. The molecule has 1 aromatic carbocycles. The number of hydrogen-bond donors (Lipinski definition) is 2. The Morgan fingerprint density at radius 1 is 1.31 bits per heavy atom. The third kappa shape index (κ3) is 4.08. The van der Waals surface area contributed by atoms with E-state index >= 15 is 0 Å². The van der Waals surface area contributed by atoms with Crippen LogP contribution >= 0.6 is 0 Å². The largest absolute Gasteiger partial charge is 0.271 e. The Hall–Kier alpha value is -1.26. The van der Waals surface area contributed by atoms with E-state index in [0.717, 1.165) is 11.6 Å². The summed E-state index contributed by atoms with van der Waals surface area (Å²) >= 11 is 0. The molecule has 0 heterocycles. The molecule has 4 heteroatoms. The number of allylic oxidation sites excluding steroid dienone is 1. The molecule has 1 atom stereocenters. The molecule has 1 unspecified atom stereocenters. The van der Waals surface area contributed by atoms with E-state index in [1.807, 2.05) is 19.9 Å². The zero-order chi connectivity index (χ0) is 12.1. The summed E-state index contributed by atoms with van der Waals surface area (Å²) in [6.07, 6.45) is 2.37. The van der Waals surface area contributed by atoms with Gasteiger partial charge in [0.25, 0.3) is 0 Å². The Labute approximate surface area is 94.1 Å². The van der Waals surface area contributed by atoms with Gasteiger partial charge >= 0.3 is 0 Å². The van der Waals surface area contributed by atoms with Crippen molar-refractivity contribution >= 4 is 0 Å². The highest BCUT2D eigenvalue weighted by Crippen LogP contribution is 2.11. The fraction of sp³-hybridized carbons (Fsp3) is 0.333. The minimum absolute atomic E-state index is 0.119. The first-order valence-electron chi connectivity index (χ1n) is 5.07. The zero-order valence-electron chi connectivity index (χ0n) is 9.43. The van der Waals surface area contributed by atoms with E-state index in [0.29, 0.717) is 12.0 Å². The molecular weight excluding hydrogens is 210 g/mol. The number of benzene rings is 1. The number of rotatable bonds is 4. The van der Waals surface area contributed by atoms with Crippen LogP contribution in [0.15, 0.2) is 29.8 Å². The van der Waals surface area contributed by atoms with Crippen molar-refractivity contribution in [2.45, 2.75) is 26.3 Å². The molecule has 1 aromatic rings. The molecule has 0 saturated carbocycles. The topological polar surface area (TPSA) is 38.0 Å². The lowest BCUT2D eigenvalue weighted by atomic mass is 10.0. The van der Waals surface area contributed by atoms with E-state index in [9.17, 15) is 8.78 Å². The molecule has 0 aliphatic carbocycles. The van der Waals surface area contributed by atoms with E-state index in [1.165, 1.54) is 12.1 Å². The molecule has 0 saturated heterocycles. The van der Waals surface area contributed by atoms with Gasteiger partial charge in [0.2, 0.25) is 0 Å². The molecule has 0 spiro atoms. The average molecular weight is 226 g/mol. The average Bonchev–Trinajstić information content (AvgIpc) is 2.14. The molecular formula is C12H16F2N2. The second-order valence-electron chi connectivity index (χ2n) is 4.00. The van der Waals surface area contributed by atoms with E-state index in [2.05, 4.69) is 5.43 Å². The minimum Gasteiger partial charge on any atom is -0.271 e. The first kappa shape index (κ1) is 12.8. The van der Waals surface area contributed by atoms with Crippen molar-refractivity contribution in [2.75, 3.05) is 0 Å². The predicted molar refractivity (Wildman–Crippen MR) is 60.6 cm³/mol. The van der Waals surface area contributed by atoms with Crippen molar-refractivity contribution in [3.8, 4) is 0 Å². The summed E-state index contributed by atoms with van der Waals surface area (Å²) in [6.45, 7) is 3.88. The molecule has 0 aliphatic heterocycles. The maximum atomic E-state index is 12.9. The summed E-state index contributed by atoms with van der Waals surface area (Å²) in [5.74, 6) is 4.23. The van der Waals surface area contributed by atoms with Crippen LogP contribution < -0.4 is 11.3 Å². The van der Waals surface area contributed by atoms with Crippen LogP contribution in [0, 0.1) is 11.6 Å². The van der Waals surface area contributed by atoms with Crippen LogP contribution in [0.1, 0.15) is 19.4 Å². The van der Waals surface area contributed by atoms with E-state index < -0.39 is 11.6 Å². The quantitative estimate of drug-likeness (QED) is 0.469. The van der Waals surface area contributed by atoms with Gasteiger partial charge in [0.15, 0.2) is 0 Å². The van der Waals surface area contributed by atoms with Gasteiger partial charge in [-0.2, -0.15) is 0 Å². The maximum Gasteiger partial charge on any atom is 0.126 e. The van der Waals surface area contributed by atoms with Crippen LogP contribution in [0.3, 0.4) is 0 Å². The highest BCUT2D eigenvalue weighted by Gasteiger charge is 2.07. The number of halogens is 2. The van der Waals surface area contributed by atoms with Crippen molar-refractivity contribution in [2.24, 2.45) is 5.84 Å².